The zero-order valence-corrected chi connectivity index (χ0v) is 12.6. The molecule has 2 aromatic heterocycles. The summed E-state index contributed by atoms with van der Waals surface area (Å²) >= 11 is 0. The molecule has 114 valence electrons. The van der Waals surface area contributed by atoms with Gasteiger partial charge in [0.25, 0.3) is 5.69 Å². The average molecular weight is 298 g/mol. The van der Waals surface area contributed by atoms with Gasteiger partial charge in [0.1, 0.15) is 0 Å². The fraction of sp³-hybridized carbons (Fsp3) is 0.471. The van der Waals surface area contributed by atoms with Crippen LogP contribution in [0.3, 0.4) is 0 Å². The van der Waals surface area contributed by atoms with E-state index in [-0.39, 0.29) is 5.56 Å². The van der Waals surface area contributed by atoms with Crippen LogP contribution in [0.25, 0.3) is 5.69 Å². The van der Waals surface area contributed by atoms with Gasteiger partial charge in [0.2, 0.25) is 0 Å². The number of nitrogens with zero attached hydrogens (tertiary/aromatic N) is 1. The topological polar surface area (TPSA) is 69.6 Å². The van der Waals surface area contributed by atoms with E-state index in [2.05, 4.69) is 20.6 Å². The summed E-state index contributed by atoms with van der Waals surface area (Å²) in [7, 11) is 0. The molecule has 0 unspecified atom stereocenters. The highest BCUT2D eigenvalue weighted by molar-refractivity contribution is 5.32. The highest BCUT2D eigenvalue weighted by Crippen LogP contribution is 2.26. The van der Waals surface area contributed by atoms with Crippen molar-refractivity contribution in [1.29, 1.82) is 0 Å². The third-order valence-electron chi connectivity index (χ3n) is 4.89. The minimum atomic E-state index is -0.451. The van der Waals surface area contributed by atoms with Crippen molar-refractivity contribution in [1.82, 2.24) is 9.97 Å². The monoisotopic (exact) mass is 298 g/mol. The van der Waals surface area contributed by atoms with Crippen molar-refractivity contribution in [3.8, 4) is 5.69 Å². The quantitative estimate of drug-likeness (QED) is 0.774. The van der Waals surface area contributed by atoms with Gasteiger partial charge in [-0.05, 0) is 44.6 Å². The Bertz CT molecular complexity index is 814. The summed E-state index contributed by atoms with van der Waals surface area (Å²) in [6.45, 7) is 0. The van der Waals surface area contributed by atoms with Crippen LogP contribution in [0.15, 0.2) is 21.9 Å². The molecule has 0 saturated carbocycles. The summed E-state index contributed by atoms with van der Waals surface area (Å²) in [5.74, 6) is 0. The molecule has 2 N–H and O–H groups in total. The lowest BCUT2D eigenvalue weighted by molar-refractivity contribution is -0.616. The predicted octanol–water partition coefficient (Wildman–Crippen LogP) is 1.10. The molecule has 4 rings (SSSR count). The number of pyridine rings is 1. The molecule has 0 fully saturated rings. The molecular formula is C17H20N3O2+. The van der Waals surface area contributed by atoms with Gasteiger partial charge in [-0.3, -0.25) is 9.78 Å². The number of hydrogen-bond acceptors (Lipinski definition) is 2. The first kappa shape index (κ1) is 13.5. The second-order valence-electron chi connectivity index (χ2n) is 6.29. The lowest BCUT2D eigenvalue weighted by atomic mass is 9.88. The van der Waals surface area contributed by atoms with E-state index in [1.165, 1.54) is 35.4 Å². The third-order valence-corrected chi connectivity index (χ3v) is 4.89. The summed E-state index contributed by atoms with van der Waals surface area (Å²) in [5.41, 5.74) is 5.05. The molecule has 0 aliphatic heterocycles. The number of H-pyrrole nitrogens is 2. The highest BCUT2D eigenvalue weighted by atomic mass is 16.2. The number of hydrogen-bond donors (Lipinski definition) is 2. The van der Waals surface area contributed by atoms with Crippen LogP contribution in [0.4, 0.5) is 0 Å². The fourth-order valence-electron chi connectivity index (χ4n) is 3.88. The maximum atomic E-state index is 12.3. The smallest absolute Gasteiger partial charge is 0.308 e. The van der Waals surface area contributed by atoms with E-state index >= 15 is 0 Å². The molecule has 5 nitrogen and oxygen atoms in total. The zero-order valence-electron chi connectivity index (χ0n) is 12.6. The Morgan fingerprint density at radius 3 is 2.05 bits per heavy atom. The zero-order chi connectivity index (χ0) is 15.1. The Labute approximate surface area is 128 Å². The SMILES string of the molecule is O=c1[nH]cc(-[n+]2c3c(cc4c2CCCC4)CCCC3)c(=O)[nH]1. The van der Waals surface area contributed by atoms with Gasteiger partial charge in [-0.25, -0.2) is 4.79 Å². The number of aromatic nitrogens is 3. The Morgan fingerprint density at radius 1 is 0.864 bits per heavy atom. The largest absolute Gasteiger partial charge is 0.326 e. The normalized spacial score (nSPS) is 16.9. The number of nitrogens with one attached hydrogen (secondary N) is 2. The third kappa shape index (κ3) is 2.12. The minimum Gasteiger partial charge on any atom is -0.308 e. The lowest BCUT2D eigenvalue weighted by Gasteiger charge is -2.21. The van der Waals surface area contributed by atoms with Gasteiger partial charge in [0, 0.05) is 24.0 Å². The summed E-state index contributed by atoms with van der Waals surface area (Å²) in [5, 5.41) is 0. The minimum absolute atomic E-state index is 0.305. The van der Waals surface area contributed by atoms with Crippen molar-refractivity contribution < 1.29 is 4.57 Å². The first-order chi connectivity index (χ1) is 10.7. The van der Waals surface area contributed by atoms with E-state index in [4.69, 9.17) is 0 Å². The molecule has 2 heterocycles. The van der Waals surface area contributed by atoms with Gasteiger partial charge in [-0.15, -0.1) is 0 Å². The molecular weight excluding hydrogens is 278 g/mol. The summed E-state index contributed by atoms with van der Waals surface area (Å²) in [4.78, 5) is 28.6. The number of fused-ring (bicyclic) bond motifs is 2. The second-order valence-corrected chi connectivity index (χ2v) is 6.29. The summed E-state index contributed by atoms with van der Waals surface area (Å²) in [6, 6.07) is 2.36. The number of aromatic amines is 2. The van der Waals surface area contributed by atoms with Gasteiger partial charge in [0.15, 0.2) is 11.4 Å². The van der Waals surface area contributed by atoms with Crippen LogP contribution < -0.4 is 15.8 Å². The van der Waals surface area contributed by atoms with Gasteiger partial charge in [-0.1, -0.05) is 0 Å². The number of rotatable bonds is 1. The first-order valence-electron chi connectivity index (χ1n) is 8.15. The Kier molecular flexibility index (Phi) is 3.21. The van der Waals surface area contributed by atoms with Crippen LogP contribution in [0.1, 0.15) is 48.2 Å². The Morgan fingerprint density at radius 2 is 1.45 bits per heavy atom. The molecule has 22 heavy (non-hydrogen) atoms. The maximum Gasteiger partial charge on any atom is 0.326 e. The van der Waals surface area contributed by atoms with Crippen LogP contribution >= 0.6 is 0 Å². The van der Waals surface area contributed by atoms with Crippen molar-refractivity contribution in [2.24, 2.45) is 0 Å². The van der Waals surface area contributed by atoms with Crippen molar-refractivity contribution in [3.05, 3.63) is 55.6 Å². The van der Waals surface area contributed by atoms with Crippen LogP contribution in [-0.2, 0) is 25.7 Å². The lowest BCUT2D eigenvalue weighted by Crippen LogP contribution is -2.49. The van der Waals surface area contributed by atoms with Crippen molar-refractivity contribution in [3.63, 3.8) is 0 Å². The summed E-state index contributed by atoms with van der Waals surface area (Å²) in [6.07, 6.45) is 10.5. The van der Waals surface area contributed by atoms with Crippen molar-refractivity contribution in [2.45, 2.75) is 51.4 Å². The van der Waals surface area contributed by atoms with E-state index in [1.54, 1.807) is 6.20 Å². The van der Waals surface area contributed by atoms with Gasteiger partial charge < -0.3 is 4.98 Å². The molecule has 0 spiro atoms. The van der Waals surface area contributed by atoms with Gasteiger partial charge >= 0.3 is 11.2 Å². The molecule has 0 saturated heterocycles. The molecule has 0 amide bonds. The van der Waals surface area contributed by atoms with E-state index in [1.807, 2.05) is 0 Å². The maximum absolute atomic E-state index is 12.3. The van der Waals surface area contributed by atoms with Crippen LogP contribution in [-0.4, -0.2) is 9.97 Å². The predicted molar refractivity (Wildman–Crippen MR) is 82.5 cm³/mol. The highest BCUT2D eigenvalue weighted by Gasteiger charge is 2.31. The molecule has 2 aliphatic carbocycles. The van der Waals surface area contributed by atoms with Crippen LogP contribution in [0.5, 0.6) is 0 Å². The van der Waals surface area contributed by atoms with E-state index < -0.39 is 5.69 Å². The number of aryl methyl sites for hydroxylation is 2. The Hall–Kier alpha value is -2.17. The van der Waals surface area contributed by atoms with Crippen LogP contribution in [0, 0.1) is 0 Å². The molecule has 0 radical (unpaired) electrons. The average Bonchev–Trinajstić information content (AvgIpc) is 2.53. The van der Waals surface area contributed by atoms with Crippen LogP contribution in [0.2, 0.25) is 0 Å². The first-order valence-corrected chi connectivity index (χ1v) is 8.15. The van der Waals surface area contributed by atoms with Gasteiger partial charge in [0.05, 0.1) is 6.20 Å². The molecule has 0 atom stereocenters. The van der Waals surface area contributed by atoms with Crippen molar-refractivity contribution >= 4 is 0 Å². The second kappa shape index (κ2) is 5.23. The Balaban J connectivity index is 2.04. The van der Waals surface area contributed by atoms with E-state index in [0.717, 1.165) is 38.5 Å². The van der Waals surface area contributed by atoms with Gasteiger partial charge in [-0.2, -0.15) is 4.57 Å². The van der Waals surface area contributed by atoms with E-state index in [0.29, 0.717) is 5.69 Å². The molecule has 5 heteroatoms. The van der Waals surface area contributed by atoms with E-state index in [9.17, 15) is 9.59 Å². The van der Waals surface area contributed by atoms with Crippen molar-refractivity contribution in [2.75, 3.05) is 0 Å². The standard InChI is InChI=1S/C17H19N3O2/c21-16-15(10-18-17(22)19-16)20-13-7-3-1-5-11(13)9-12-6-2-4-8-14(12)20/h9-10H,1-8H2,(H-,18,19,21,22)/p+1. The summed E-state index contributed by atoms with van der Waals surface area (Å²) < 4.78 is 2.14. The molecule has 0 bridgehead atoms. The molecule has 2 aromatic rings. The molecule has 2 aliphatic rings. The fourth-order valence-corrected chi connectivity index (χ4v) is 3.88. The molecule has 0 aromatic carbocycles.